The third-order valence-electron chi connectivity index (χ3n) is 5.08. The summed E-state index contributed by atoms with van der Waals surface area (Å²) in [5, 5.41) is 2.34. The predicted octanol–water partition coefficient (Wildman–Crippen LogP) is 6.43. The van der Waals surface area contributed by atoms with Gasteiger partial charge in [-0.1, -0.05) is 72.8 Å². The largest absolute Gasteiger partial charge is 0.489 e. The van der Waals surface area contributed by atoms with Crippen molar-refractivity contribution in [3.63, 3.8) is 0 Å². The van der Waals surface area contributed by atoms with Crippen molar-refractivity contribution in [3.8, 4) is 5.75 Å². The van der Waals surface area contributed by atoms with Crippen LogP contribution in [0.2, 0.25) is 0 Å². The highest BCUT2D eigenvalue weighted by Crippen LogP contribution is 2.26. The first-order chi connectivity index (χ1) is 14.7. The molecule has 1 unspecified atom stereocenters. The summed E-state index contributed by atoms with van der Waals surface area (Å²) in [6, 6.07) is 31.5. The highest BCUT2D eigenvalue weighted by Gasteiger charge is 2.09. The molecule has 30 heavy (non-hydrogen) atoms. The summed E-state index contributed by atoms with van der Waals surface area (Å²) in [4.78, 5) is 17.1. The van der Waals surface area contributed by atoms with Gasteiger partial charge in [-0.15, -0.1) is 0 Å². The molecule has 0 saturated carbocycles. The molecular formula is C27H23NO2. The topological polar surface area (TPSA) is 38.7 Å². The zero-order chi connectivity index (χ0) is 20.8. The van der Waals surface area contributed by atoms with Crippen LogP contribution in [0.25, 0.3) is 10.8 Å². The van der Waals surface area contributed by atoms with Crippen molar-refractivity contribution in [1.29, 1.82) is 0 Å². The molecule has 148 valence electrons. The fraction of sp³-hybridized carbons (Fsp3) is 0.111. The molecule has 0 amide bonds. The third kappa shape index (κ3) is 4.64. The number of hydrogen-bond donors (Lipinski definition) is 0. The summed E-state index contributed by atoms with van der Waals surface area (Å²) in [5.41, 5.74) is 2.81. The van der Waals surface area contributed by atoms with Gasteiger partial charge in [-0.05, 0) is 53.1 Å². The maximum absolute atomic E-state index is 12.5. The van der Waals surface area contributed by atoms with Gasteiger partial charge < -0.3 is 4.74 Å². The lowest BCUT2D eigenvalue weighted by Gasteiger charge is -2.10. The van der Waals surface area contributed by atoms with Gasteiger partial charge in [0.2, 0.25) is 5.78 Å². The van der Waals surface area contributed by atoms with E-state index in [9.17, 15) is 4.79 Å². The zero-order valence-electron chi connectivity index (χ0n) is 16.9. The minimum absolute atomic E-state index is 0.103. The molecule has 3 heteroatoms. The van der Waals surface area contributed by atoms with Gasteiger partial charge in [0.05, 0.1) is 12.3 Å². The lowest BCUT2D eigenvalue weighted by Crippen LogP contribution is -2.02. The number of carbonyl (C=O) groups excluding carboxylic acids is 1. The van der Waals surface area contributed by atoms with Crippen LogP contribution in [-0.2, 0) is 6.61 Å². The lowest BCUT2D eigenvalue weighted by atomic mass is 10.00. The highest BCUT2D eigenvalue weighted by atomic mass is 16.5. The van der Waals surface area contributed by atoms with E-state index < -0.39 is 0 Å². The Morgan fingerprint density at radius 1 is 0.867 bits per heavy atom. The summed E-state index contributed by atoms with van der Waals surface area (Å²) < 4.78 is 5.78. The Hall–Kier alpha value is -3.72. The number of ether oxygens (including phenoxy) is 1. The van der Waals surface area contributed by atoms with Crippen LogP contribution in [0.1, 0.15) is 34.5 Å². The van der Waals surface area contributed by atoms with Crippen molar-refractivity contribution >= 4 is 22.8 Å². The lowest BCUT2D eigenvalue weighted by molar-refractivity contribution is 0.107. The Bertz CT molecular complexity index is 1160. The van der Waals surface area contributed by atoms with E-state index in [0.29, 0.717) is 12.2 Å². The Morgan fingerprint density at radius 2 is 1.57 bits per heavy atom. The molecule has 4 aromatic carbocycles. The second-order valence-electron chi connectivity index (χ2n) is 7.19. The molecular weight excluding hydrogens is 370 g/mol. The van der Waals surface area contributed by atoms with Crippen LogP contribution >= 0.6 is 0 Å². The summed E-state index contributed by atoms with van der Waals surface area (Å²) >= 11 is 0. The first kappa shape index (κ1) is 19.6. The molecule has 0 aliphatic heterocycles. The van der Waals surface area contributed by atoms with E-state index in [4.69, 9.17) is 4.74 Å². The molecule has 0 spiro atoms. The number of nitrogens with zero attached hydrogens (tertiary/aromatic N) is 1. The van der Waals surface area contributed by atoms with Gasteiger partial charge in [0.25, 0.3) is 0 Å². The Balaban J connectivity index is 1.41. The van der Waals surface area contributed by atoms with Crippen molar-refractivity contribution in [2.45, 2.75) is 19.6 Å². The average Bonchev–Trinajstić information content (AvgIpc) is 2.81. The molecule has 0 fully saturated rings. The maximum atomic E-state index is 12.5. The van der Waals surface area contributed by atoms with Crippen molar-refractivity contribution in [2.75, 3.05) is 0 Å². The van der Waals surface area contributed by atoms with Gasteiger partial charge in [-0.2, -0.15) is 0 Å². The summed E-state index contributed by atoms with van der Waals surface area (Å²) in [5.74, 6) is 0.619. The van der Waals surface area contributed by atoms with Gasteiger partial charge in [0, 0.05) is 5.56 Å². The molecule has 0 saturated heterocycles. The number of ketones is 1. The molecule has 4 rings (SSSR count). The van der Waals surface area contributed by atoms with Crippen LogP contribution in [0, 0.1) is 0 Å². The zero-order valence-corrected chi connectivity index (χ0v) is 16.9. The van der Waals surface area contributed by atoms with Gasteiger partial charge in [-0.25, -0.2) is 0 Å². The number of rotatable bonds is 7. The van der Waals surface area contributed by atoms with Crippen LogP contribution in [0.3, 0.4) is 0 Å². The Morgan fingerprint density at radius 3 is 2.37 bits per heavy atom. The van der Waals surface area contributed by atoms with Crippen molar-refractivity contribution in [2.24, 2.45) is 4.99 Å². The van der Waals surface area contributed by atoms with E-state index in [-0.39, 0.29) is 11.8 Å². The van der Waals surface area contributed by atoms with Gasteiger partial charge in [0.15, 0.2) is 0 Å². The molecule has 0 bridgehead atoms. The van der Waals surface area contributed by atoms with Crippen LogP contribution in [0.5, 0.6) is 5.75 Å². The summed E-state index contributed by atoms with van der Waals surface area (Å²) in [6.45, 7) is 2.50. The number of hydrogen-bond acceptors (Lipinski definition) is 3. The van der Waals surface area contributed by atoms with E-state index in [1.54, 1.807) is 12.1 Å². The SMILES string of the molecule is CC(N=CC(=O)c1ccc(OCc2ccccc2)cc1)c1cccc2ccccc12. The third-order valence-corrected chi connectivity index (χ3v) is 5.08. The van der Waals surface area contributed by atoms with Crippen molar-refractivity contribution < 1.29 is 9.53 Å². The van der Waals surface area contributed by atoms with Gasteiger partial charge in [-0.3, -0.25) is 9.79 Å². The quantitative estimate of drug-likeness (QED) is 0.268. The van der Waals surface area contributed by atoms with Crippen molar-refractivity contribution in [1.82, 2.24) is 0 Å². The summed E-state index contributed by atoms with van der Waals surface area (Å²) in [6.07, 6.45) is 1.42. The number of carbonyl (C=O) groups is 1. The molecule has 3 nitrogen and oxygen atoms in total. The van der Waals surface area contributed by atoms with E-state index in [1.807, 2.05) is 67.6 Å². The molecule has 4 aromatic rings. The van der Waals surface area contributed by atoms with E-state index >= 15 is 0 Å². The van der Waals surface area contributed by atoms with E-state index in [1.165, 1.54) is 11.6 Å². The standard InChI is InChI=1S/C27H23NO2/c1-20(25-13-7-11-22-10-5-6-12-26(22)25)28-18-27(29)23-14-16-24(17-15-23)30-19-21-8-3-2-4-9-21/h2-18,20H,19H2,1H3. The molecule has 0 aliphatic rings. The smallest absolute Gasteiger partial charge is 0.203 e. The minimum Gasteiger partial charge on any atom is -0.489 e. The molecule has 0 N–H and O–H groups in total. The van der Waals surface area contributed by atoms with Crippen LogP contribution in [-0.4, -0.2) is 12.0 Å². The Labute approximate surface area is 176 Å². The summed E-state index contributed by atoms with van der Waals surface area (Å²) in [7, 11) is 0. The van der Waals surface area contributed by atoms with Gasteiger partial charge >= 0.3 is 0 Å². The number of benzene rings is 4. The molecule has 0 aliphatic carbocycles. The molecule has 0 radical (unpaired) electrons. The molecule has 0 aromatic heterocycles. The first-order valence-electron chi connectivity index (χ1n) is 10.0. The second-order valence-corrected chi connectivity index (χ2v) is 7.19. The van der Waals surface area contributed by atoms with Crippen LogP contribution < -0.4 is 4.74 Å². The number of Topliss-reactive ketones (excluding diaryl/α,β-unsaturated/α-hetero) is 1. The average molecular weight is 393 g/mol. The van der Waals surface area contributed by atoms with Crippen molar-refractivity contribution in [3.05, 3.63) is 114 Å². The van der Waals surface area contributed by atoms with E-state index in [0.717, 1.165) is 22.3 Å². The highest BCUT2D eigenvalue weighted by molar-refractivity contribution is 6.35. The normalized spacial score (nSPS) is 12.2. The Kier molecular flexibility index (Phi) is 6.00. The first-order valence-corrected chi connectivity index (χ1v) is 10.0. The molecule has 1 atom stereocenters. The fourth-order valence-corrected chi connectivity index (χ4v) is 3.41. The number of aliphatic imine (C=N–C) groups is 1. The fourth-order valence-electron chi connectivity index (χ4n) is 3.41. The van der Waals surface area contributed by atoms with Crippen LogP contribution in [0.15, 0.2) is 102 Å². The molecule has 0 heterocycles. The predicted molar refractivity (Wildman–Crippen MR) is 122 cm³/mol. The van der Waals surface area contributed by atoms with Gasteiger partial charge in [0.1, 0.15) is 12.4 Å². The second kappa shape index (κ2) is 9.19. The van der Waals surface area contributed by atoms with E-state index in [2.05, 4.69) is 29.3 Å². The monoisotopic (exact) mass is 393 g/mol. The minimum atomic E-state index is -0.114. The van der Waals surface area contributed by atoms with Crippen LogP contribution in [0.4, 0.5) is 0 Å². The number of fused-ring (bicyclic) bond motifs is 1. The maximum Gasteiger partial charge on any atom is 0.203 e.